The molecule has 2 saturated carbocycles. The number of aliphatic hydroxyl groups is 2. The first kappa shape index (κ1) is 23.8. The number of aliphatic hydroxyl groups excluding tert-OH is 1. The van der Waals surface area contributed by atoms with E-state index in [0.29, 0.717) is 36.2 Å². The van der Waals surface area contributed by atoms with Gasteiger partial charge in [0, 0.05) is 34.1 Å². The predicted octanol–water partition coefficient (Wildman–Crippen LogP) is 4.85. The summed E-state index contributed by atoms with van der Waals surface area (Å²) in [6.45, 7) is 13.7. The van der Waals surface area contributed by atoms with E-state index in [1.807, 2.05) is 26.8 Å². The van der Waals surface area contributed by atoms with Gasteiger partial charge in [-0.05, 0) is 65.4 Å². The van der Waals surface area contributed by atoms with Gasteiger partial charge in [-0.1, -0.05) is 26.3 Å². The number of hydrogen-bond acceptors (Lipinski definition) is 6. The highest BCUT2D eigenvalue weighted by Crippen LogP contribution is 2.67. The maximum atomic E-state index is 12.4. The van der Waals surface area contributed by atoms with Gasteiger partial charge in [-0.3, -0.25) is 4.79 Å². The number of carbonyl (C=O) groups excluding carboxylic acids is 2. The SMILES string of the molecule is CC(C)=CC(=O)O[C@H]1CC[C@@]2(C)[C@@H](CC[C@]3(C)OC4=CC(=O)C(O)=C(C)C4=C[C@]23O)C1(C)C. The molecule has 0 unspecified atom stereocenters. The van der Waals surface area contributed by atoms with Gasteiger partial charge in [0.05, 0.1) is 0 Å². The summed E-state index contributed by atoms with van der Waals surface area (Å²) in [4.78, 5) is 24.6. The molecule has 5 atom stereocenters. The van der Waals surface area contributed by atoms with Crippen molar-refractivity contribution in [3.05, 3.63) is 46.5 Å². The van der Waals surface area contributed by atoms with Gasteiger partial charge in [-0.25, -0.2) is 4.79 Å². The topological polar surface area (TPSA) is 93.1 Å². The van der Waals surface area contributed by atoms with E-state index in [9.17, 15) is 19.8 Å². The molecule has 0 radical (unpaired) electrons. The maximum Gasteiger partial charge on any atom is 0.330 e. The van der Waals surface area contributed by atoms with E-state index < -0.39 is 22.4 Å². The van der Waals surface area contributed by atoms with Crippen molar-refractivity contribution in [1.82, 2.24) is 0 Å². The van der Waals surface area contributed by atoms with Gasteiger partial charge < -0.3 is 19.7 Å². The number of allylic oxidation sites excluding steroid dienone is 3. The second-order valence-corrected chi connectivity index (χ2v) is 11.5. The lowest BCUT2D eigenvalue weighted by molar-refractivity contribution is -0.270. The first-order chi connectivity index (χ1) is 15.2. The monoisotopic (exact) mass is 456 g/mol. The summed E-state index contributed by atoms with van der Waals surface area (Å²) in [5, 5.41) is 22.6. The third-order valence-corrected chi connectivity index (χ3v) is 8.88. The molecule has 0 saturated heterocycles. The number of hydrogen-bond donors (Lipinski definition) is 2. The fourth-order valence-electron chi connectivity index (χ4n) is 6.93. The van der Waals surface area contributed by atoms with Crippen LogP contribution in [0.1, 0.15) is 74.1 Å². The van der Waals surface area contributed by atoms with Crippen molar-refractivity contribution in [2.75, 3.05) is 0 Å². The molecule has 2 fully saturated rings. The zero-order valence-corrected chi connectivity index (χ0v) is 20.7. The molecular weight excluding hydrogens is 420 g/mol. The third kappa shape index (κ3) is 3.24. The Morgan fingerprint density at radius 2 is 1.85 bits per heavy atom. The standard InChI is InChI=1S/C27H36O6/c1-15(2)12-22(29)32-21-9-10-25(6)20(24(21,4)5)8-11-26(7)27(25,31)14-17-16(3)23(30)18(28)13-19(17)33-26/h12-14,20-21,30-31H,8-11H2,1-7H3/t20-,21-,25-,26-,27-/m0/s1. The van der Waals surface area contributed by atoms with Crippen LogP contribution in [0.25, 0.3) is 0 Å². The average Bonchev–Trinajstić information content (AvgIpc) is 2.69. The summed E-state index contributed by atoms with van der Waals surface area (Å²) in [6, 6.07) is 0. The Kier molecular flexibility index (Phi) is 5.29. The van der Waals surface area contributed by atoms with Crippen molar-refractivity contribution >= 4 is 11.8 Å². The van der Waals surface area contributed by atoms with Crippen LogP contribution < -0.4 is 0 Å². The van der Waals surface area contributed by atoms with Gasteiger partial charge in [0.15, 0.2) is 5.76 Å². The van der Waals surface area contributed by atoms with Gasteiger partial charge in [0.1, 0.15) is 23.1 Å². The van der Waals surface area contributed by atoms with Crippen LogP contribution in [-0.4, -0.2) is 39.3 Å². The molecule has 4 rings (SSSR count). The van der Waals surface area contributed by atoms with Crippen LogP contribution >= 0.6 is 0 Å². The minimum Gasteiger partial charge on any atom is -0.504 e. The highest BCUT2D eigenvalue weighted by molar-refractivity contribution is 6.05. The van der Waals surface area contributed by atoms with Crippen molar-refractivity contribution in [1.29, 1.82) is 0 Å². The summed E-state index contributed by atoms with van der Waals surface area (Å²) in [6.07, 6.45) is 7.07. The smallest absolute Gasteiger partial charge is 0.330 e. The number of ether oxygens (including phenoxy) is 2. The first-order valence-electron chi connectivity index (χ1n) is 11.8. The fraction of sp³-hybridized carbons (Fsp3) is 0.630. The van der Waals surface area contributed by atoms with Gasteiger partial charge in [0.2, 0.25) is 5.78 Å². The summed E-state index contributed by atoms with van der Waals surface area (Å²) in [5.41, 5.74) is -1.27. The van der Waals surface area contributed by atoms with E-state index in [1.54, 1.807) is 6.92 Å². The summed E-state index contributed by atoms with van der Waals surface area (Å²) in [7, 11) is 0. The Hall–Kier alpha value is -2.34. The van der Waals surface area contributed by atoms with Crippen LogP contribution in [-0.2, 0) is 19.1 Å². The zero-order chi connectivity index (χ0) is 24.6. The van der Waals surface area contributed by atoms with E-state index in [4.69, 9.17) is 9.47 Å². The molecule has 180 valence electrons. The summed E-state index contributed by atoms with van der Waals surface area (Å²) < 4.78 is 12.3. The fourth-order valence-corrected chi connectivity index (χ4v) is 6.93. The van der Waals surface area contributed by atoms with Crippen LogP contribution in [0.3, 0.4) is 0 Å². The molecule has 0 aromatic carbocycles. The number of rotatable bonds is 2. The lowest BCUT2D eigenvalue weighted by Gasteiger charge is -2.67. The minimum atomic E-state index is -1.33. The maximum absolute atomic E-state index is 12.4. The first-order valence-corrected chi connectivity index (χ1v) is 11.8. The highest BCUT2D eigenvalue weighted by Gasteiger charge is 2.70. The molecule has 6 heteroatoms. The molecule has 0 aromatic rings. The summed E-state index contributed by atoms with van der Waals surface area (Å²) in [5.74, 6) is -0.637. The van der Waals surface area contributed by atoms with Gasteiger partial charge in [0.25, 0.3) is 0 Å². The lowest BCUT2D eigenvalue weighted by Crippen LogP contribution is -2.72. The summed E-state index contributed by atoms with van der Waals surface area (Å²) >= 11 is 0. The van der Waals surface area contributed by atoms with E-state index in [0.717, 1.165) is 12.0 Å². The van der Waals surface area contributed by atoms with E-state index in [2.05, 4.69) is 20.8 Å². The second-order valence-electron chi connectivity index (χ2n) is 11.5. The van der Waals surface area contributed by atoms with Crippen LogP contribution in [0.15, 0.2) is 46.5 Å². The quantitative estimate of drug-likeness (QED) is 0.456. The molecule has 3 aliphatic carbocycles. The Bertz CT molecular complexity index is 1040. The zero-order valence-electron chi connectivity index (χ0n) is 20.7. The van der Waals surface area contributed by atoms with E-state index in [-0.39, 0.29) is 29.2 Å². The Labute approximate surface area is 196 Å². The number of carbonyl (C=O) groups is 2. The van der Waals surface area contributed by atoms with Gasteiger partial charge in [-0.15, -0.1) is 0 Å². The number of ketones is 1. The number of fused-ring (bicyclic) bond motifs is 4. The molecule has 0 aromatic heterocycles. The predicted molar refractivity (Wildman–Crippen MR) is 124 cm³/mol. The molecular formula is C27H36O6. The second kappa shape index (κ2) is 7.33. The third-order valence-electron chi connectivity index (χ3n) is 8.88. The molecule has 33 heavy (non-hydrogen) atoms. The van der Waals surface area contributed by atoms with Crippen molar-refractivity contribution in [2.24, 2.45) is 16.7 Å². The number of esters is 1. The van der Waals surface area contributed by atoms with Crippen LogP contribution in [0, 0.1) is 16.7 Å². The Morgan fingerprint density at radius 3 is 2.48 bits per heavy atom. The minimum absolute atomic E-state index is 0.0652. The molecule has 0 spiro atoms. The molecule has 6 nitrogen and oxygen atoms in total. The molecule has 1 heterocycles. The molecule has 0 amide bonds. The van der Waals surface area contributed by atoms with Crippen LogP contribution in [0.4, 0.5) is 0 Å². The Morgan fingerprint density at radius 1 is 1.18 bits per heavy atom. The lowest BCUT2D eigenvalue weighted by atomic mass is 9.42. The van der Waals surface area contributed by atoms with Crippen LogP contribution in [0.2, 0.25) is 0 Å². The largest absolute Gasteiger partial charge is 0.504 e. The average molecular weight is 457 g/mol. The Balaban J connectivity index is 1.76. The molecule has 4 aliphatic rings. The van der Waals surface area contributed by atoms with E-state index in [1.165, 1.54) is 12.2 Å². The normalized spacial score (nSPS) is 39.2. The van der Waals surface area contributed by atoms with Crippen LogP contribution in [0.5, 0.6) is 0 Å². The molecule has 1 aliphatic heterocycles. The van der Waals surface area contributed by atoms with Crippen molar-refractivity contribution in [3.63, 3.8) is 0 Å². The molecule has 0 bridgehead atoms. The van der Waals surface area contributed by atoms with Gasteiger partial charge in [-0.2, -0.15) is 0 Å². The molecule has 2 N–H and O–H groups in total. The van der Waals surface area contributed by atoms with Crippen molar-refractivity contribution in [3.8, 4) is 0 Å². The van der Waals surface area contributed by atoms with Crippen molar-refractivity contribution < 1.29 is 29.3 Å². The highest BCUT2D eigenvalue weighted by atomic mass is 16.5. The van der Waals surface area contributed by atoms with Crippen molar-refractivity contribution in [2.45, 2.75) is 91.5 Å². The van der Waals surface area contributed by atoms with Gasteiger partial charge >= 0.3 is 5.97 Å². The van der Waals surface area contributed by atoms with E-state index >= 15 is 0 Å².